The molecule has 106 valence electrons. The number of carbonyl (C=O) groups excluding carboxylic acids is 1. The zero-order valence-corrected chi connectivity index (χ0v) is 12.2. The fourth-order valence-corrected chi connectivity index (χ4v) is 2.28. The Bertz CT molecular complexity index is 587. The molecule has 0 saturated carbocycles. The zero-order chi connectivity index (χ0) is 14.5. The highest BCUT2D eigenvalue weighted by Crippen LogP contribution is 2.23. The summed E-state index contributed by atoms with van der Waals surface area (Å²) >= 11 is 0. The van der Waals surface area contributed by atoms with E-state index in [2.05, 4.69) is 36.5 Å². The number of nitrogens with one attached hydrogen (secondary N) is 1. The van der Waals surface area contributed by atoms with Crippen LogP contribution in [0, 0.1) is 0 Å². The minimum absolute atomic E-state index is 0.0721. The van der Waals surface area contributed by atoms with Crippen LogP contribution in [0.25, 0.3) is 10.8 Å². The van der Waals surface area contributed by atoms with Gasteiger partial charge >= 0.3 is 5.97 Å². The summed E-state index contributed by atoms with van der Waals surface area (Å²) in [6.45, 7) is 5.99. The third-order valence-corrected chi connectivity index (χ3v) is 3.21. The number of rotatable bonds is 5. The largest absolute Gasteiger partial charge is 0.462 e. The van der Waals surface area contributed by atoms with Crippen molar-refractivity contribution in [3.05, 3.63) is 48.0 Å². The Morgan fingerprint density at radius 3 is 2.55 bits per heavy atom. The number of hydrogen-bond donors (Lipinski definition) is 1. The molecule has 3 heteroatoms. The number of benzene rings is 2. The van der Waals surface area contributed by atoms with Crippen molar-refractivity contribution in [1.29, 1.82) is 0 Å². The normalized spacial score (nSPS) is 12.6. The molecule has 2 rings (SSSR count). The summed E-state index contributed by atoms with van der Waals surface area (Å²) in [5.74, 6) is -0.216. The van der Waals surface area contributed by atoms with Gasteiger partial charge in [-0.3, -0.25) is 4.79 Å². The van der Waals surface area contributed by atoms with Crippen molar-refractivity contribution in [1.82, 2.24) is 5.32 Å². The van der Waals surface area contributed by atoms with Gasteiger partial charge in [0.05, 0.1) is 12.6 Å². The highest BCUT2D eigenvalue weighted by atomic mass is 16.5. The van der Waals surface area contributed by atoms with Crippen molar-refractivity contribution in [3.8, 4) is 0 Å². The Morgan fingerprint density at radius 2 is 1.80 bits per heavy atom. The molecule has 0 amide bonds. The second-order valence-corrected chi connectivity index (χ2v) is 5.21. The van der Waals surface area contributed by atoms with E-state index in [1.807, 2.05) is 32.0 Å². The molecule has 0 aromatic heterocycles. The highest BCUT2D eigenvalue weighted by molar-refractivity contribution is 5.86. The molecule has 20 heavy (non-hydrogen) atoms. The number of esters is 1. The number of ether oxygens (including phenoxy) is 1. The summed E-state index contributed by atoms with van der Waals surface area (Å²) in [7, 11) is 0. The summed E-state index contributed by atoms with van der Waals surface area (Å²) in [5, 5.41) is 5.65. The van der Waals surface area contributed by atoms with Gasteiger partial charge in [-0.25, -0.2) is 0 Å². The summed E-state index contributed by atoms with van der Waals surface area (Å²) in [6, 6.07) is 14.6. The van der Waals surface area contributed by atoms with Gasteiger partial charge in [0.25, 0.3) is 0 Å². The molecule has 0 fully saturated rings. The van der Waals surface area contributed by atoms with E-state index in [1.54, 1.807) is 0 Å². The van der Waals surface area contributed by atoms with Crippen molar-refractivity contribution in [2.24, 2.45) is 0 Å². The van der Waals surface area contributed by atoms with Crippen LogP contribution in [0.5, 0.6) is 0 Å². The molecule has 1 atom stereocenters. The van der Waals surface area contributed by atoms with Gasteiger partial charge in [-0.2, -0.15) is 0 Å². The lowest BCUT2D eigenvalue weighted by molar-refractivity contribution is -0.146. The van der Waals surface area contributed by atoms with Gasteiger partial charge in [-0.1, -0.05) is 42.5 Å². The Hall–Kier alpha value is -1.87. The Labute approximate surface area is 119 Å². The molecule has 2 aromatic rings. The zero-order valence-electron chi connectivity index (χ0n) is 12.2. The predicted octanol–water partition coefficient (Wildman–Crippen LogP) is 3.44. The van der Waals surface area contributed by atoms with Gasteiger partial charge in [0.15, 0.2) is 0 Å². The van der Waals surface area contributed by atoms with Gasteiger partial charge in [0, 0.05) is 6.04 Å². The molecule has 0 aliphatic heterocycles. The molecular formula is C17H21NO2. The van der Waals surface area contributed by atoms with E-state index >= 15 is 0 Å². The van der Waals surface area contributed by atoms with E-state index < -0.39 is 0 Å². The van der Waals surface area contributed by atoms with Crippen LogP contribution < -0.4 is 5.32 Å². The van der Waals surface area contributed by atoms with Gasteiger partial charge in [-0.15, -0.1) is 0 Å². The molecule has 0 aliphatic carbocycles. The van der Waals surface area contributed by atoms with E-state index in [0.29, 0.717) is 0 Å². The van der Waals surface area contributed by atoms with E-state index in [9.17, 15) is 4.79 Å². The van der Waals surface area contributed by atoms with Crippen LogP contribution in [0.4, 0.5) is 0 Å². The van der Waals surface area contributed by atoms with Crippen molar-refractivity contribution in [2.45, 2.75) is 32.9 Å². The number of hydrogen-bond acceptors (Lipinski definition) is 3. The lowest BCUT2D eigenvalue weighted by Crippen LogP contribution is -2.28. The molecule has 0 aliphatic rings. The first kappa shape index (κ1) is 14.5. The Morgan fingerprint density at radius 1 is 1.10 bits per heavy atom. The SMILES string of the molecule is CC(C)OC(=O)CNC(C)c1cccc2ccccc12. The molecule has 1 unspecified atom stereocenters. The third kappa shape index (κ3) is 3.58. The summed E-state index contributed by atoms with van der Waals surface area (Å²) < 4.78 is 5.12. The van der Waals surface area contributed by atoms with Crippen molar-refractivity contribution < 1.29 is 9.53 Å². The smallest absolute Gasteiger partial charge is 0.320 e. The molecule has 0 bridgehead atoms. The Balaban J connectivity index is 2.08. The molecule has 0 saturated heterocycles. The first-order valence-electron chi connectivity index (χ1n) is 6.98. The average molecular weight is 271 g/mol. The fraction of sp³-hybridized carbons (Fsp3) is 0.353. The van der Waals surface area contributed by atoms with Crippen molar-refractivity contribution in [3.63, 3.8) is 0 Å². The van der Waals surface area contributed by atoms with E-state index in [4.69, 9.17) is 4.74 Å². The highest BCUT2D eigenvalue weighted by Gasteiger charge is 2.11. The molecular weight excluding hydrogens is 250 g/mol. The van der Waals surface area contributed by atoms with Gasteiger partial charge in [0.2, 0.25) is 0 Å². The van der Waals surface area contributed by atoms with Crippen LogP contribution >= 0.6 is 0 Å². The van der Waals surface area contributed by atoms with Crippen LogP contribution in [0.1, 0.15) is 32.4 Å². The number of carbonyl (C=O) groups is 1. The van der Waals surface area contributed by atoms with Gasteiger partial charge < -0.3 is 10.1 Å². The van der Waals surface area contributed by atoms with Crippen LogP contribution in [-0.2, 0) is 9.53 Å². The summed E-state index contributed by atoms with van der Waals surface area (Å²) in [6.07, 6.45) is -0.0721. The van der Waals surface area contributed by atoms with Crippen LogP contribution in [0.2, 0.25) is 0 Å². The van der Waals surface area contributed by atoms with Gasteiger partial charge in [0.1, 0.15) is 0 Å². The first-order chi connectivity index (χ1) is 9.58. The topological polar surface area (TPSA) is 38.3 Å². The lowest BCUT2D eigenvalue weighted by Gasteiger charge is -2.16. The second-order valence-electron chi connectivity index (χ2n) is 5.21. The number of fused-ring (bicyclic) bond motifs is 1. The van der Waals surface area contributed by atoms with Crippen LogP contribution in [0.15, 0.2) is 42.5 Å². The van der Waals surface area contributed by atoms with Crippen molar-refractivity contribution in [2.75, 3.05) is 6.54 Å². The molecule has 0 radical (unpaired) electrons. The molecule has 0 spiro atoms. The standard InChI is InChI=1S/C17H21NO2/c1-12(2)20-17(19)11-18-13(3)15-10-6-8-14-7-4-5-9-16(14)15/h4-10,12-13,18H,11H2,1-3H3. The molecule has 0 heterocycles. The van der Waals surface area contributed by atoms with E-state index in [0.717, 1.165) is 0 Å². The van der Waals surface area contributed by atoms with Crippen LogP contribution in [0.3, 0.4) is 0 Å². The Kier molecular flexibility index (Phi) is 4.74. The molecule has 2 aromatic carbocycles. The van der Waals surface area contributed by atoms with E-state index in [-0.39, 0.29) is 24.7 Å². The van der Waals surface area contributed by atoms with Gasteiger partial charge in [-0.05, 0) is 37.1 Å². The second kappa shape index (κ2) is 6.53. The molecule has 1 N–H and O–H groups in total. The average Bonchev–Trinajstić information content (AvgIpc) is 2.43. The van der Waals surface area contributed by atoms with Crippen LogP contribution in [-0.4, -0.2) is 18.6 Å². The fourth-order valence-electron chi connectivity index (χ4n) is 2.28. The van der Waals surface area contributed by atoms with Crippen molar-refractivity contribution >= 4 is 16.7 Å². The third-order valence-electron chi connectivity index (χ3n) is 3.21. The predicted molar refractivity (Wildman–Crippen MR) is 81.6 cm³/mol. The quantitative estimate of drug-likeness (QED) is 0.847. The maximum Gasteiger partial charge on any atom is 0.320 e. The lowest BCUT2D eigenvalue weighted by atomic mass is 10.00. The maximum absolute atomic E-state index is 11.6. The van der Waals surface area contributed by atoms with E-state index in [1.165, 1.54) is 16.3 Å². The summed E-state index contributed by atoms with van der Waals surface area (Å²) in [5.41, 5.74) is 1.19. The molecule has 3 nitrogen and oxygen atoms in total. The monoisotopic (exact) mass is 271 g/mol. The minimum atomic E-state index is -0.216. The summed E-state index contributed by atoms with van der Waals surface area (Å²) in [4.78, 5) is 11.6. The maximum atomic E-state index is 11.6. The minimum Gasteiger partial charge on any atom is -0.462 e. The first-order valence-corrected chi connectivity index (χ1v) is 6.98.